The van der Waals surface area contributed by atoms with Crippen LogP contribution in [-0.4, -0.2) is 44.2 Å². The first-order chi connectivity index (χ1) is 17.4. The Hall–Kier alpha value is -1.27. The van der Waals surface area contributed by atoms with E-state index < -0.39 is 35.3 Å². The van der Waals surface area contributed by atoms with E-state index in [2.05, 4.69) is 13.8 Å². The molecule has 0 radical (unpaired) electrons. The number of cyclic esters (lactones) is 1. The molecular weight excluding hydrogens is 456 g/mol. The summed E-state index contributed by atoms with van der Waals surface area (Å²) < 4.78 is 5.09. The Labute approximate surface area is 220 Å². The molecule has 0 spiro atoms. The molecule has 1 aliphatic rings. The second-order valence-corrected chi connectivity index (χ2v) is 10.9. The highest BCUT2D eigenvalue weighted by atomic mass is 16.6. The van der Waals surface area contributed by atoms with Crippen molar-refractivity contribution in [3.63, 3.8) is 0 Å². The van der Waals surface area contributed by atoms with E-state index in [1.54, 1.807) is 0 Å². The Morgan fingerprint density at radius 1 is 0.694 bits per heavy atom. The minimum atomic E-state index is -1.80. The van der Waals surface area contributed by atoms with Gasteiger partial charge in [-0.2, -0.15) is 0 Å². The minimum absolute atomic E-state index is 0.206. The first-order valence-corrected chi connectivity index (χ1v) is 15.1. The molecule has 6 heteroatoms. The van der Waals surface area contributed by atoms with E-state index in [1.807, 2.05) is 0 Å². The van der Waals surface area contributed by atoms with Crippen LogP contribution in [0, 0.1) is 0 Å². The number of unbranched alkanes of at least 4 members (excludes halogenated alkanes) is 18. The predicted octanol–water partition coefficient (Wildman–Crippen LogP) is 7.95. The fraction of sp³-hybridized carbons (Fsp3) is 0.900. The summed E-state index contributed by atoms with van der Waals surface area (Å²) in [4.78, 5) is 11.8. The third-order valence-corrected chi connectivity index (χ3v) is 7.70. The van der Waals surface area contributed by atoms with E-state index in [-0.39, 0.29) is 6.42 Å². The number of carbonyl (C=O) groups is 1. The van der Waals surface area contributed by atoms with E-state index in [0.29, 0.717) is 12.8 Å². The molecule has 6 nitrogen and oxygen atoms in total. The molecule has 0 fully saturated rings. The van der Waals surface area contributed by atoms with Crippen LogP contribution in [0.1, 0.15) is 155 Å². The van der Waals surface area contributed by atoms with Crippen LogP contribution in [0.5, 0.6) is 0 Å². The maximum atomic E-state index is 11.8. The lowest BCUT2D eigenvalue weighted by Gasteiger charge is -2.37. The molecular formula is C30H56O6. The van der Waals surface area contributed by atoms with E-state index in [1.165, 1.54) is 83.5 Å². The largest absolute Gasteiger partial charge is 0.505 e. The highest BCUT2D eigenvalue weighted by Crippen LogP contribution is 2.36. The molecule has 0 bridgehead atoms. The Morgan fingerprint density at radius 2 is 1.08 bits per heavy atom. The Morgan fingerprint density at radius 3 is 1.47 bits per heavy atom. The normalized spacial score (nSPS) is 18.4. The number of esters is 1. The Kier molecular flexibility index (Phi) is 18.0. The zero-order chi connectivity index (χ0) is 26.7. The average Bonchev–Trinajstić information content (AvgIpc) is 3.13. The number of hydrogen-bond donors (Lipinski definition) is 4. The number of aliphatic hydroxyl groups is 4. The van der Waals surface area contributed by atoms with Crippen LogP contribution in [-0.2, 0) is 9.53 Å². The minimum Gasteiger partial charge on any atom is -0.505 e. The van der Waals surface area contributed by atoms with Crippen LogP contribution >= 0.6 is 0 Å². The highest BCUT2D eigenvalue weighted by molar-refractivity contribution is 5.89. The van der Waals surface area contributed by atoms with Crippen molar-refractivity contribution in [3.05, 3.63) is 11.5 Å². The molecule has 1 unspecified atom stereocenters. The molecule has 0 saturated carbocycles. The SMILES string of the molecule is CCCCCCCCCCCCC(O)[C@@](O)(CCCCCCCCCCCC)[C@H]1OC(=O)C(O)=C1O. The van der Waals surface area contributed by atoms with Crippen molar-refractivity contribution in [1.82, 2.24) is 0 Å². The van der Waals surface area contributed by atoms with Crippen molar-refractivity contribution < 1.29 is 30.0 Å². The van der Waals surface area contributed by atoms with Crippen molar-refractivity contribution in [2.45, 2.75) is 173 Å². The van der Waals surface area contributed by atoms with Gasteiger partial charge in [-0.3, -0.25) is 0 Å². The molecule has 1 aliphatic heterocycles. The molecule has 0 aromatic heterocycles. The first kappa shape index (κ1) is 32.8. The lowest BCUT2D eigenvalue weighted by atomic mass is 9.81. The monoisotopic (exact) mass is 512 g/mol. The molecule has 36 heavy (non-hydrogen) atoms. The maximum Gasteiger partial charge on any atom is 0.378 e. The van der Waals surface area contributed by atoms with E-state index in [0.717, 1.165) is 38.5 Å². The van der Waals surface area contributed by atoms with Gasteiger partial charge in [0.25, 0.3) is 0 Å². The van der Waals surface area contributed by atoms with E-state index in [9.17, 15) is 25.2 Å². The summed E-state index contributed by atoms with van der Waals surface area (Å²) in [6.07, 6.45) is 21.2. The standard InChI is InChI=1S/C30H56O6/c1-3-5-7-9-11-13-15-17-19-21-23-25(31)30(35,28-26(32)27(33)29(34)36-28)24-22-20-18-16-14-12-10-8-6-4-2/h25,28,31-33,35H,3-24H2,1-2H3/t25?,28-,30-/m0/s1. The van der Waals surface area contributed by atoms with E-state index in [4.69, 9.17) is 4.74 Å². The summed E-state index contributed by atoms with van der Waals surface area (Å²) in [5.41, 5.74) is -1.80. The van der Waals surface area contributed by atoms with Crippen molar-refractivity contribution in [3.8, 4) is 0 Å². The summed E-state index contributed by atoms with van der Waals surface area (Å²) >= 11 is 0. The average molecular weight is 513 g/mol. The summed E-state index contributed by atoms with van der Waals surface area (Å²) in [5.74, 6) is -2.59. The van der Waals surface area contributed by atoms with Gasteiger partial charge in [0.15, 0.2) is 11.9 Å². The molecule has 3 atom stereocenters. The second-order valence-electron chi connectivity index (χ2n) is 10.9. The predicted molar refractivity (Wildman–Crippen MR) is 146 cm³/mol. The lowest BCUT2D eigenvalue weighted by Crippen LogP contribution is -2.53. The van der Waals surface area contributed by atoms with Crippen LogP contribution in [0.4, 0.5) is 0 Å². The van der Waals surface area contributed by atoms with Crippen molar-refractivity contribution in [1.29, 1.82) is 0 Å². The number of rotatable bonds is 24. The molecule has 0 aromatic rings. The summed E-state index contributed by atoms with van der Waals surface area (Å²) in [5, 5.41) is 42.3. The van der Waals surface area contributed by atoms with Gasteiger partial charge in [-0.25, -0.2) is 4.79 Å². The number of aliphatic hydroxyl groups excluding tert-OH is 3. The molecule has 0 aromatic carbocycles. The number of ether oxygens (including phenoxy) is 1. The summed E-state index contributed by atoms with van der Waals surface area (Å²) in [6, 6.07) is 0. The van der Waals surface area contributed by atoms with Crippen LogP contribution in [0.15, 0.2) is 11.5 Å². The van der Waals surface area contributed by atoms with E-state index >= 15 is 0 Å². The van der Waals surface area contributed by atoms with Crippen molar-refractivity contribution in [2.24, 2.45) is 0 Å². The van der Waals surface area contributed by atoms with Gasteiger partial charge in [0.1, 0.15) is 5.60 Å². The highest BCUT2D eigenvalue weighted by Gasteiger charge is 2.52. The quantitative estimate of drug-likeness (QED) is 0.0772. The smallest absolute Gasteiger partial charge is 0.378 e. The zero-order valence-electron chi connectivity index (χ0n) is 23.3. The summed E-state index contributed by atoms with van der Waals surface area (Å²) in [6.45, 7) is 4.45. The third kappa shape index (κ3) is 12.3. The molecule has 212 valence electrons. The van der Waals surface area contributed by atoms with Gasteiger partial charge >= 0.3 is 5.97 Å². The molecule has 0 aliphatic carbocycles. The van der Waals surface area contributed by atoms with Crippen LogP contribution in [0.3, 0.4) is 0 Å². The van der Waals surface area contributed by atoms with Gasteiger partial charge in [0.2, 0.25) is 5.76 Å². The maximum absolute atomic E-state index is 11.8. The number of carbonyl (C=O) groups excluding carboxylic acids is 1. The van der Waals surface area contributed by atoms with Gasteiger partial charge in [-0.15, -0.1) is 0 Å². The second kappa shape index (κ2) is 19.8. The van der Waals surface area contributed by atoms with Crippen molar-refractivity contribution in [2.75, 3.05) is 0 Å². The summed E-state index contributed by atoms with van der Waals surface area (Å²) in [7, 11) is 0. The fourth-order valence-corrected chi connectivity index (χ4v) is 5.23. The third-order valence-electron chi connectivity index (χ3n) is 7.70. The van der Waals surface area contributed by atoms with Gasteiger partial charge in [-0.05, 0) is 12.8 Å². The topological polar surface area (TPSA) is 107 Å². The Balaban J connectivity index is 2.41. The Bertz CT molecular complexity index is 604. The number of hydrogen-bond acceptors (Lipinski definition) is 6. The fourth-order valence-electron chi connectivity index (χ4n) is 5.23. The van der Waals surface area contributed by atoms with Gasteiger partial charge in [0, 0.05) is 0 Å². The zero-order valence-corrected chi connectivity index (χ0v) is 23.3. The van der Waals surface area contributed by atoms with Crippen LogP contribution in [0.25, 0.3) is 0 Å². The molecule has 0 saturated heterocycles. The molecule has 1 heterocycles. The van der Waals surface area contributed by atoms with Crippen molar-refractivity contribution >= 4 is 5.97 Å². The molecule has 1 rings (SSSR count). The first-order valence-electron chi connectivity index (χ1n) is 15.1. The van der Waals surface area contributed by atoms with Gasteiger partial charge in [-0.1, -0.05) is 142 Å². The molecule has 4 N–H and O–H groups in total. The van der Waals surface area contributed by atoms with Gasteiger partial charge in [0.05, 0.1) is 6.10 Å². The van der Waals surface area contributed by atoms with Crippen LogP contribution in [0.2, 0.25) is 0 Å². The van der Waals surface area contributed by atoms with Gasteiger partial charge < -0.3 is 25.2 Å². The lowest BCUT2D eigenvalue weighted by molar-refractivity contribution is -0.175. The molecule has 0 amide bonds. The van der Waals surface area contributed by atoms with Crippen LogP contribution < -0.4 is 0 Å².